The quantitative estimate of drug-likeness (QED) is 0.658. The summed E-state index contributed by atoms with van der Waals surface area (Å²) in [6.45, 7) is 6.65. The number of halogens is 1. The highest BCUT2D eigenvalue weighted by atomic mass is 32.1. The van der Waals surface area contributed by atoms with E-state index in [0.717, 1.165) is 40.3 Å². The van der Waals surface area contributed by atoms with E-state index < -0.39 is 0 Å². The lowest BCUT2D eigenvalue weighted by atomic mass is 9.91. The molecule has 124 valence electrons. The Kier molecular flexibility index (Phi) is 3.96. The third-order valence-electron chi connectivity index (χ3n) is 4.67. The van der Waals surface area contributed by atoms with E-state index in [2.05, 4.69) is 34.1 Å². The molecule has 24 heavy (non-hydrogen) atoms. The molecule has 1 aliphatic heterocycles. The van der Waals surface area contributed by atoms with E-state index in [1.165, 1.54) is 18.6 Å². The Morgan fingerprint density at radius 3 is 2.50 bits per heavy atom. The monoisotopic (exact) mass is 341 g/mol. The molecule has 1 aliphatic rings. The summed E-state index contributed by atoms with van der Waals surface area (Å²) >= 11 is 1.62. The largest absolute Gasteiger partial charge is 0.355 e. The molecule has 2 atom stereocenters. The predicted octanol–water partition coefficient (Wildman–Crippen LogP) is 4.98. The van der Waals surface area contributed by atoms with Gasteiger partial charge in [-0.15, -0.1) is 11.3 Å². The molecule has 1 aromatic carbocycles. The summed E-state index contributed by atoms with van der Waals surface area (Å²) in [6.07, 6.45) is 2.92. The smallest absolute Gasteiger partial charge is 0.141 e. The van der Waals surface area contributed by atoms with Gasteiger partial charge in [0.25, 0.3) is 0 Å². The van der Waals surface area contributed by atoms with Gasteiger partial charge in [-0.05, 0) is 36.0 Å². The highest BCUT2D eigenvalue weighted by Gasteiger charge is 2.25. The summed E-state index contributed by atoms with van der Waals surface area (Å²) in [7, 11) is 0. The van der Waals surface area contributed by atoms with Gasteiger partial charge in [0.1, 0.15) is 22.8 Å². The SMILES string of the molecule is CC1CC(C)CN(c2ncnc3scc(-c4ccc(F)cc4)c23)C1. The van der Waals surface area contributed by atoms with Crippen molar-refractivity contribution >= 4 is 27.4 Å². The number of hydrogen-bond acceptors (Lipinski definition) is 4. The Hall–Kier alpha value is -2.01. The fourth-order valence-corrected chi connectivity index (χ4v) is 4.69. The number of fused-ring (bicyclic) bond motifs is 1. The Balaban J connectivity index is 1.84. The van der Waals surface area contributed by atoms with Gasteiger partial charge in [-0.3, -0.25) is 0 Å². The molecule has 3 aromatic rings. The molecule has 4 rings (SSSR count). The van der Waals surface area contributed by atoms with Crippen LogP contribution in [0, 0.1) is 17.7 Å². The lowest BCUT2D eigenvalue weighted by molar-refractivity contribution is 0.356. The Morgan fingerprint density at radius 2 is 1.79 bits per heavy atom. The lowest BCUT2D eigenvalue weighted by Gasteiger charge is -2.36. The first-order valence-electron chi connectivity index (χ1n) is 8.35. The van der Waals surface area contributed by atoms with Crippen LogP contribution >= 0.6 is 11.3 Å². The minimum Gasteiger partial charge on any atom is -0.355 e. The van der Waals surface area contributed by atoms with Gasteiger partial charge >= 0.3 is 0 Å². The van der Waals surface area contributed by atoms with E-state index in [4.69, 9.17) is 0 Å². The molecule has 0 N–H and O–H groups in total. The summed E-state index contributed by atoms with van der Waals surface area (Å²) in [4.78, 5) is 12.5. The van der Waals surface area contributed by atoms with Crippen LogP contribution in [0.25, 0.3) is 21.3 Å². The second-order valence-electron chi connectivity index (χ2n) is 6.88. The van der Waals surface area contributed by atoms with Gasteiger partial charge in [0, 0.05) is 24.0 Å². The molecule has 5 heteroatoms. The first-order valence-corrected chi connectivity index (χ1v) is 9.23. The first-order chi connectivity index (χ1) is 11.6. The third-order valence-corrected chi connectivity index (χ3v) is 5.56. The zero-order valence-corrected chi connectivity index (χ0v) is 14.7. The lowest BCUT2D eigenvalue weighted by Crippen LogP contribution is -2.39. The number of nitrogens with zero attached hydrogens (tertiary/aromatic N) is 3. The highest BCUT2D eigenvalue weighted by Crippen LogP contribution is 2.39. The molecule has 0 spiro atoms. The maximum Gasteiger partial charge on any atom is 0.141 e. The molecule has 2 aromatic heterocycles. The van der Waals surface area contributed by atoms with Gasteiger partial charge in [0.2, 0.25) is 0 Å². The van der Waals surface area contributed by atoms with Crippen molar-refractivity contribution in [3.05, 3.63) is 41.8 Å². The van der Waals surface area contributed by atoms with Crippen LogP contribution in [0.3, 0.4) is 0 Å². The number of piperidine rings is 1. The number of rotatable bonds is 2. The topological polar surface area (TPSA) is 29.0 Å². The van der Waals surface area contributed by atoms with Gasteiger partial charge in [0.05, 0.1) is 5.39 Å². The maximum absolute atomic E-state index is 13.3. The van der Waals surface area contributed by atoms with Gasteiger partial charge in [-0.25, -0.2) is 14.4 Å². The van der Waals surface area contributed by atoms with Crippen molar-refractivity contribution in [1.82, 2.24) is 9.97 Å². The second-order valence-corrected chi connectivity index (χ2v) is 7.74. The highest BCUT2D eigenvalue weighted by molar-refractivity contribution is 7.17. The number of thiophene rings is 1. The average Bonchev–Trinajstić information content (AvgIpc) is 2.99. The molecule has 3 nitrogen and oxygen atoms in total. The van der Waals surface area contributed by atoms with Crippen LogP contribution in [0.4, 0.5) is 10.2 Å². The van der Waals surface area contributed by atoms with Gasteiger partial charge in [0.15, 0.2) is 0 Å². The molecule has 0 radical (unpaired) electrons. The zero-order valence-electron chi connectivity index (χ0n) is 13.9. The van der Waals surface area contributed by atoms with Crippen LogP contribution in [0.15, 0.2) is 36.0 Å². The van der Waals surface area contributed by atoms with Crippen LogP contribution in [-0.4, -0.2) is 23.1 Å². The molecule has 0 amide bonds. The molecular weight excluding hydrogens is 321 g/mol. The molecule has 3 heterocycles. The number of hydrogen-bond donors (Lipinski definition) is 0. The normalized spacial score (nSPS) is 21.4. The van der Waals surface area contributed by atoms with Crippen molar-refractivity contribution in [2.75, 3.05) is 18.0 Å². The van der Waals surface area contributed by atoms with Crippen molar-refractivity contribution in [1.29, 1.82) is 0 Å². The number of aromatic nitrogens is 2. The number of anilines is 1. The van der Waals surface area contributed by atoms with E-state index in [1.54, 1.807) is 17.7 Å². The Morgan fingerprint density at radius 1 is 1.08 bits per heavy atom. The van der Waals surface area contributed by atoms with Gasteiger partial charge in [-0.2, -0.15) is 0 Å². The summed E-state index contributed by atoms with van der Waals surface area (Å²) in [6, 6.07) is 6.67. The zero-order chi connectivity index (χ0) is 16.7. The maximum atomic E-state index is 13.3. The second kappa shape index (κ2) is 6.13. The van der Waals surface area contributed by atoms with E-state index in [1.807, 2.05) is 12.1 Å². The third kappa shape index (κ3) is 2.77. The fraction of sp³-hybridized carbons (Fsp3) is 0.368. The van der Waals surface area contributed by atoms with E-state index >= 15 is 0 Å². The van der Waals surface area contributed by atoms with Crippen LogP contribution in [0.5, 0.6) is 0 Å². The van der Waals surface area contributed by atoms with Crippen molar-refractivity contribution < 1.29 is 4.39 Å². The van der Waals surface area contributed by atoms with Crippen molar-refractivity contribution in [2.45, 2.75) is 20.3 Å². The van der Waals surface area contributed by atoms with Crippen molar-refractivity contribution in [2.24, 2.45) is 11.8 Å². The molecule has 2 unspecified atom stereocenters. The molecule has 1 saturated heterocycles. The Bertz CT molecular complexity index is 849. The molecular formula is C19H20FN3S. The molecule has 1 fully saturated rings. The van der Waals surface area contributed by atoms with Crippen molar-refractivity contribution in [3.63, 3.8) is 0 Å². The molecule has 0 saturated carbocycles. The molecule has 0 bridgehead atoms. The predicted molar refractivity (Wildman–Crippen MR) is 98.0 cm³/mol. The standard InChI is InChI=1S/C19H20FN3S/c1-12-7-13(2)9-23(8-12)18-17-16(10-24-19(17)22-11-21-18)14-3-5-15(20)6-4-14/h3-6,10-13H,7-9H2,1-2H3. The first kappa shape index (κ1) is 15.5. The summed E-state index contributed by atoms with van der Waals surface area (Å²) in [5.74, 6) is 2.12. The van der Waals surface area contributed by atoms with E-state index in [9.17, 15) is 4.39 Å². The summed E-state index contributed by atoms with van der Waals surface area (Å²) in [5.41, 5.74) is 2.10. The van der Waals surface area contributed by atoms with Gasteiger partial charge < -0.3 is 4.90 Å². The van der Waals surface area contributed by atoms with Gasteiger partial charge in [-0.1, -0.05) is 26.0 Å². The van der Waals surface area contributed by atoms with Crippen LogP contribution < -0.4 is 4.90 Å². The minimum absolute atomic E-state index is 0.214. The van der Waals surface area contributed by atoms with Crippen LogP contribution in [0.1, 0.15) is 20.3 Å². The number of benzene rings is 1. The summed E-state index contributed by atoms with van der Waals surface area (Å²) in [5, 5.41) is 3.20. The van der Waals surface area contributed by atoms with E-state index in [-0.39, 0.29) is 5.82 Å². The Labute approximate surface area is 145 Å². The summed E-state index contributed by atoms with van der Waals surface area (Å²) < 4.78 is 13.3. The fourth-order valence-electron chi connectivity index (χ4n) is 3.78. The minimum atomic E-state index is -0.214. The average molecular weight is 341 g/mol. The van der Waals surface area contributed by atoms with E-state index in [0.29, 0.717) is 11.8 Å². The molecule has 0 aliphatic carbocycles. The van der Waals surface area contributed by atoms with Crippen LogP contribution in [-0.2, 0) is 0 Å². The van der Waals surface area contributed by atoms with Crippen LogP contribution in [0.2, 0.25) is 0 Å². The van der Waals surface area contributed by atoms with Crippen molar-refractivity contribution in [3.8, 4) is 11.1 Å².